The zero-order valence-corrected chi connectivity index (χ0v) is 12.9. The molecule has 0 aliphatic carbocycles. The predicted octanol–water partition coefficient (Wildman–Crippen LogP) is 0.586. The molecule has 2 heterocycles. The summed E-state index contributed by atoms with van der Waals surface area (Å²) in [5.74, 6) is 0. The van der Waals surface area contributed by atoms with E-state index in [0.29, 0.717) is 5.01 Å². The molecule has 0 spiro atoms. The molecule has 7 nitrogen and oxygen atoms in total. The van der Waals surface area contributed by atoms with E-state index >= 15 is 0 Å². The van der Waals surface area contributed by atoms with Crippen LogP contribution in [0.5, 0.6) is 0 Å². The molecule has 0 aliphatic heterocycles. The lowest BCUT2D eigenvalue weighted by molar-refractivity contribution is 0.603. The molecule has 0 saturated carbocycles. The maximum atomic E-state index is 11.7. The zero-order chi connectivity index (χ0) is 15.1. The van der Waals surface area contributed by atoms with Gasteiger partial charge in [-0.15, -0.1) is 11.3 Å². The van der Waals surface area contributed by atoms with Gasteiger partial charge in [-0.25, -0.2) is 18.2 Å². The van der Waals surface area contributed by atoms with Crippen LogP contribution in [-0.2, 0) is 15.6 Å². The van der Waals surface area contributed by atoms with E-state index in [1.54, 1.807) is 0 Å². The van der Waals surface area contributed by atoms with Gasteiger partial charge in [0.15, 0.2) is 4.90 Å². The van der Waals surface area contributed by atoms with E-state index in [-0.39, 0.29) is 6.54 Å². The molecule has 1 N–H and O–H groups in total. The summed E-state index contributed by atoms with van der Waals surface area (Å²) < 4.78 is 23.5. The van der Waals surface area contributed by atoms with Crippen molar-refractivity contribution >= 4 is 31.1 Å². The summed E-state index contributed by atoms with van der Waals surface area (Å²) in [5, 5.41) is 0.632. The zero-order valence-electron chi connectivity index (χ0n) is 10.5. The number of aromatic amines is 1. The monoisotopic (exact) mass is 335 g/mol. The van der Waals surface area contributed by atoms with Gasteiger partial charge >= 0.3 is 5.69 Å². The van der Waals surface area contributed by atoms with Crippen molar-refractivity contribution in [2.75, 3.05) is 0 Å². The number of aryl methyl sites for hydroxylation is 2. The standard InChI is InChI=1S/C10H10ClN3O4S2/c1-5-6(2)19-8(12-5)4-14-3-7(20(11,17)18)9(15)13-10(14)16/h3H,4H2,1-2H3,(H,13,15,16). The van der Waals surface area contributed by atoms with Gasteiger partial charge in [0, 0.05) is 21.8 Å². The van der Waals surface area contributed by atoms with E-state index in [1.165, 1.54) is 11.3 Å². The summed E-state index contributed by atoms with van der Waals surface area (Å²) in [6, 6.07) is 0. The minimum absolute atomic E-state index is 0.0639. The van der Waals surface area contributed by atoms with Gasteiger partial charge in [0.2, 0.25) is 0 Å². The molecule has 108 valence electrons. The first-order valence-electron chi connectivity index (χ1n) is 5.40. The van der Waals surface area contributed by atoms with Crippen molar-refractivity contribution in [1.82, 2.24) is 14.5 Å². The van der Waals surface area contributed by atoms with Crippen molar-refractivity contribution in [3.8, 4) is 0 Å². The van der Waals surface area contributed by atoms with Gasteiger partial charge in [0.1, 0.15) is 5.01 Å². The number of hydrogen-bond donors (Lipinski definition) is 1. The lowest BCUT2D eigenvalue weighted by Crippen LogP contribution is -2.32. The number of thiazole rings is 1. The van der Waals surface area contributed by atoms with E-state index in [2.05, 4.69) is 4.98 Å². The van der Waals surface area contributed by atoms with Gasteiger partial charge in [0.05, 0.1) is 12.2 Å². The fraction of sp³-hybridized carbons (Fsp3) is 0.300. The molecule has 0 unspecified atom stereocenters. The Kier molecular flexibility index (Phi) is 3.85. The molecular formula is C10H10ClN3O4S2. The number of nitrogens with one attached hydrogen (secondary N) is 1. The highest BCUT2D eigenvalue weighted by atomic mass is 35.7. The molecule has 2 rings (SSSR count). The molecule has 0 bridgehead atoms. The second-order valence-electron chi connectivity index (χ2n) is 4.07. The topological polar surface area (TPSA) is 102 Å². The van der Waals surface area contributed by atoms with Crippen LogP contribution in [0.25, 0.3) is 0 Å². The van der Waals surface area contributed by atoms with Gasteiger partial charge in [-0.1, -0.05) is 0 Å². The Morgan fingerprint density at radius 3 is 2.55 bits per heavy atom. The fourth-order valence-electron chi connectivity index (χ4n) is 1.53. The lowest BCUT2D eigenvalue weighted by Gasteiger charge is -2.03. The molecule has 0 saturated heterocycles. The Labute approximate surface area is 122 Å². The number of halogens is 1. The Morgan fingerprint density at radius 2 is 2.05 bits per heavy atom. The summed E-state index contributed by atoms with van der Waals surface area (Å²) in [4.78, 5) is 29.6. The maximum Gasteiger partial charge on any atom is 0.328 e. The number of rotatable bonds is 3. The average molecular weight is 336 g/mol. The minimum atomic E-state index is -4.22. The van der Waals surface area contributed by atoms with Crippen LogP contribution < -0.4 is 11.2 Å². The minimum Gasteiger partial charge on any atom is -0.292 e. The summed E-state index contributed by atoms with van der Waals surface area (Å²) in [6.45, 7) is 3.79. The van der Waals surface area contributed by atoms with Gasteiger partial charge < -0.3 is 0 Å². The molecule has 2 aromatic heterocycles. The van der Waals surface area contributed by atoms with Crippen LogP contribution in [0.15, 0.2) is 20.7 Å². The molecular weight excluding hydrogens is 326 g/mol. The Morgan fingerprint density at radius 1 is 1.40 bits per heavy atom. The van der Waals surface area contributed by atoms with Crippen molar-refractivity contribution in [1.29, 1.82) is 0 Å². The first kappa shape index (κ1) is 14.9. The number of nitrogens with zero attached hydrogens (tertiary/aromatic N) is 2. The van der Waals surface area contributed by atoms with Gasteiger partial charge in [0.25, 0.3) is 14.6 Å². The summed E-state index contributed by atoms with van der Waals surface area (Å²) in [5.41, 5.74) is -0.912. The first-order valence-corrected chi connectivity index (χ1v) is 8.52. The van der Waals surface area contributed by atoms with Crippen molar-refractivity contribution < 1.29 is 8.42 Å². The van der Waals surface area contributed by atoms with Crippen LogP contribution >= 0.6 is 22.0 Å². The van der Waals surface area contributed by atoms with E-state index in [9.17, 15) is 18.0 Å². The molecule has 20 heavy (non-hydrogen) atoms. The van der Waals surface area contributed by atoms with Gasteiger partial charge in [-0.2, -0.15) is 0 Å². The van der Waals surface area contributed by atoms with Crippen LogP contribution in [0.1, 0.15) is 15.6 Å². The molecule has 0 atom stereocenters. The number of hydrogen-bond acceptors (Lipinski definition) is 6. The molecule has 2 aromatic rings. The van der Waals surface area contributed by atoms with Gasteiger partial charge in [-0.05, 0) is 13.8 Å². The third-order valence-electron chi connectivity index (χ3n) is 2.62. The molecule has 0 aliphatic rings. The Hall–Kier alpha value is -1.45. The van der Waals surface area contributed by atoms with E-state index in [4.69, 9.17) is 10.7 Å². The molecule has 0 fully saturated rings. The highest BCUT2D eigenvalue weighted by Crippen LogP contribution is 2.17. The third-order valence-corrected chi connectivity index (χ3v) is 4.99. The van der Waals surface area contributed by atoms with Crippen LogP contribution in [0.3, 0.4) is 0 Å². The first-order chi connectivity index (χ1) is 9.18. The summed E-state index contributed by atoms with van der Waals surface area (Å²) >= 11 is 1.39. The number of aromatic nitrogens is 3. The normalized spacial score (nSPS) is 11.8. The van der Waals surface area contributed by atoms with Crippen molar-refractivity contribution in [3.63, 3.8) is 0 Å². The van der Waals surface area contributed by atoms with Crippen molar-refractivity contribution in [3.05, 3.63) is 42.6 Å². The van der Waals surface area contributed by atoms with Crippen molar-refractivity contribution in [2.45, 2.75) is 25.3 Å². The summed E-state index contributed by atoms with van der Waals surface area (Å²) in [7, 11) is 0.928. The average Bonchev–Trinajstić information content (AvgIpc) is 2.60. The third kappa shape index (κ3) is 3.00. The SMILES string of the molecule is Cc1nc(Cn2cc(S(=O)(=O)Cl)c(=O)[nH]c2=O)sc1C. The van der Waals surface area contributed by atoms with E-state index < -0.39 is 25.2 Å². The molecule has 0 radical (unpaired) electrons. The summed E-state index contributed by atoms with van der Waals surface area (Å²) in [6.07, 6.45) is 0.926. The Balaban J connectivity index is 2.52. The van der Waals surface area contributed by atoms with Crippen LogP contribution in [0, 0.1) is 13.8 Å². The van der Waals surface area contributed by atoms with Crippen LogP contribution in [-0.4, -0.2) is 23.0 Å². The quantitative estimate of drug-likeness (QED) is 0.827. The van der Waals surface area contributed by atoms with Crippen LogP contribution in [0.4, 0.5) is 0 Å². The Bertz CT molecular complexity index is 859. The van der Waals surface area contributed by atoms with Crippen molar-refractivity contribution in [2.24, 2.45) is 0 Å². The largest absolute Gasteiger partial charge is 0.328 e. The highest BCUT2D eigenvalue weighted by molar-refractivity contribution is 8.13. The number of H-pyrrole nitrogens is 1. The highest BCUT2D eigenvalue weighted by Gasteiger charge is 2.17. The predicted molar refractivity (Wildman–Crippen MR) is 75.1 cm³/mol. The molecule has 0 aromatic carbocycles. The fourth-order valence-corrected chi connectivity index (χ4v) is 3.32. The van der Waals surface area contributed by atoms with Crippen LogP contribution in [0.2, 0.25) is 0 Å². The molecule has 10 heteroatoms. The second kappa shape index (κ2) is 5.15. The second-order valence-corrected chi connectivity index (χ2v) is 7.89. The van der Waals surface area contributed by atoms with E-state index in [0.717, 1.165) is 21.3 Å². The molecule has 0 amide bonds. The lowest BCUT2D eigenvalue weighted by atomic mass is 10.4. The maximum absolute atomic E-state index is 11.7. The smallest absolute Gasteiger partial charge is 0.292 e. The van der Waals surface area contributed by atoms with E-state index in [1.807, 2.05) is 18.8 Å². The van der Waals surface area contributed by atoms with Gasteiger partial charge in [-0.3, -0.25) is 14.3 Å².